The second-order valence-electron chi connectivity index (χ2n) is 4.29. The molecule has 6 heteroatoms. The van der Waals surface area contributed by atoms with Crippen LogP contribution in [-0.4, -0.2) is 31.8 Å². The van der Waals surface area contributed by atoms with Gasteiger partial charge >= 0.3 is 5.97 Å². The van der Waals surface area contributed by atoms with Crippen molar-refractivity contribution >= 4 is 18.0 Å². The largest absolute Gasteiger partial charge is 0.466 e. The van der Waals surface area contributed by atoms with Crippen LogP contribution in [0.1, 0.15) is 18.9 Å². The van der Waals surface area contributed by atoms with Crippen molar-refractivity contribution in [1.82, 2.24) is 5.32 Å². The second-order valence-corrected chi connectivity index (χ2v) is 4.29. The van der Waals surface area contributed by atoms with Crippen molar-refractivity contribution in [3.8, 4) is 11.5 Å². The number of ether oxygens (including phenoxy) is 3. The van der Waals surface area contributed by atoms with Crippen molar-refractivity contribution in [3.63, 3.8) is 0 Å². The Morgan fingerprint density at radius 1 is 1.33 bits per heavy atom. The smallest absolute Gasteiger partial charge is 0.307 e. The second kappa shape index (κ2) is 7.33. The van der Waals surface area contributed by atoms with Gasteiger partial charge in [-0.1, -0.05) is 6.07 Å². The lowest BCUT2D eigenvalue weighted by atomic mass is 10.2. The molecule has 0 unspecified atom stereocenters. The summed E-state index contributed by atoms with van der Waals surface area (Å²) in [7, 11) is 0. The quantitative estimate of drug-likeness (QED) is 0.635. The number of nitrogens with one attached hydrogen (secondary N) is 1. The van der Waals surface area contributed by atoms with Gasteiger partial charge in [-0.05, 0) is 30.7 Å². The molecule has 0 saturated heterocycles. The average Bonchev–Trinajstić information content (AvgIpc) is 2.93. The Kier molecular flexibility index (Phi) is 5.20. The van der Waals surface area contributed by atoms with Gasteiger partial charge in [0.25, 0.3) is 0 Å². The van der Waals surface area contributed by atoms with Crippen LogP contribution in [0.2, 0.25) is 0 Å². The highest BCUT2D eigenvalue weighted by atomic mass is 16.7. The number of esters is 1. The SMILES string of the molecule is CCOC(=O)CCNC(=O)C=Cc1ccc2c(c1)OCO2. The Labute approximate surface area is 122 Å². The number of fused-ring (bicyclic) bond motifs is 1. The summed E-state index contributed by atoms with van der Waals surface area (Å²) in [5, 5.41) is 2.61. The molecule has 0 radical (unpaired) electrons. The van der Waals surface area contributed by atoms with E-state index >= 15 is 0 Å². The molecule has 0 bridgehead atoms. The van der Waals surface area contributed by atoms with Gasteiger partial charge in [0, 0.05) is 12.6 Å². The molecule has 6 nitrogen and oxygen atoms in total. The first-order valence-electron chi connectivity index (χ1n) is 6.70. The zero-order chi connectivity index (χ0) is 15.1. The van der Waals surface area contributed by atoms with E-state index < -0.39 is 0 Å². The van der Waals surface area contributed by atoms with Crippen LogP contribution in [0.5, 0.6) is 11.5 Å². The van der Waals surface area contributed by atoms with Gasteiger partial charge in [-0.3, -0.25) is 9.59 Å². The molecule has 1 aromatic carbocycles. The Balaban J connectivity index is 1.78. The highest BCUT2D eigenvalue weighted by molar-refractivity contribution is 5.92. The number of carbonyl (C=O) groups is 2. The molecule has 0 aromatic heterocycles. The number of benzene rings is 1. The van der Waals surface area contributed by atoms with Gasteiger partial charge in [0.15, 0.2) is 11.5 Å². The summed E-state index contributed by atoms with van der Waals surface area (Å²) in [6.45, 7) is 2.56. The molecule has 0 atom stereocenters. The standard InChI is InChI=1S/C15H17NO5/c1-2-19-15(18)7-8-16-14(17)6-4-11-3-5-12-13(9-11)21-10-20-12/h3-6,9H,2,7-8,10H2,1H3,(H,16,17). The normalized spacial score (nSPS) is 12.4. The number of carbonyl (C=O) groups excluding carboxylic acids is 2. The zero-order valence-electron chi connectivity index (χ0n) is 11.8. The minimum absolute atomic E-state index is 0.164. The third kappa shape index (κ3) is 4.52. The minimum Gasteiger partial charge on any atom is -0.466 e. The average molecular weight is 291 g/mol. The molecule has 21 heavy (non-hydrogen) atoms. The van der Waals surface area contributed by atoms with Gasteiger partial charge in [0.05, 0.1) is 13.0 Å². The Hall–Kier alpha value is -2.50. The lowest BCUT2D eigenvalue weighted by Crippen LogP contribution is -2.24. The lowest BCUT2D eigenvalue weighted by molar-refractivity contribution is -0.142. The fourth-order valence-electron chi connectivity index (χ4n) is 1.77. The minimum atomic E-state index is -0.322. The van der Waals surface area contributed by atoms with Crippen molar-refractivity contribution in [3.05, 3.63) is 29.8 Å². The molecule has 1 heterocycles. The van der Waals surface area contributed by atoms with E-state index in [9.17, 15) is 9.59 Å². The van der Waals surface area contributed by atoms with E-state index in [1.54, 1.807) is 25.1 Å². The van der Waals surface area contributed by atoms with Crippen molar-refractivity contribution < 1.29 is 23.8 Å². The maximum absolute atomic E-state index is 11.6. The third-order valence-corrected chi connectivity index (χ3v) is 2.76. The fourth-order valence-corrected chi connectivity index (χ4v) is 1.77. The van der Waals surface area contributed by atoms with E-state index in [-0.39, 0.29) is 31.6 Å². The van der Waals surface area contributed by atoms with E-state index in [4.69, 9.17) is 14.2 Å². The lowest BCUT2D eigenvalue weighted by Gasteiger charge is -2.02. The molecule has 1 aromatic rings. The molecule has 1 aliphatic rings. The summed E-state index contributed by atoms with van der Waals surface area (Å²) >= 11 is 0. The molecule has 112 valence electrons. The Morgan fingerprint density at radius 2 is 2.14 bits per heavy atom. The topological polar surface area (TPSA) is 73.9 Å². The van der Waals surface area contributed by atoms with Gasteiger partial charge in [0.2, 0.25) is 12.7 Å². The van der Waals surface area contributed by atoms with Gasteiger partial charge in [-0.25, -0.2) is 0 Å². The predicted molar refractivity (Wildman–Crippen MR) is 75.9 cm³/mol. The van der Waals surface area contributed by atoms with Crippen molar-refractivity contribution in [2.75, 3.05) is 19.9 Å². The van der Waals surface area contributed by atoms with Crippen LogP contribution < -0.4 is 14.8 Å². The summed E-state index contributed by atoms with van der Waals surface area (Å²) in [4.78, 5) is 22.7. The summed E-state index contributed by atoms with van der Waals surface area (Å²) < 4.78 is 15.2. The number of amides is 1. The summed E-state index contributed by atoms with van der Waals surface area (Å²) in [5.41, 5.74) is 0.833. The van der Waals surface area contributed by atoms with E-state index in [0.717, 1.165) is 5.56 Å². The van der Waals surface area contributed by atoms with Crippen LogP contribution in [0.3, 0.4) is 0 Å². The first-order chi connectivity index (χ1) is 10.2. The number of rotatable bonds is 6. The first kappa shape index (κ1) is 14.9. The van der Waals surface area contributed by atoms with E-state index in [2.05, 4.69) is 5.32 Å². The van der Waals surface area contributed by atoms with Crippen molar-refractivity contribution in [2.45, 2.75) is 13.3 Å². The van der Waals surface area contributed by atoms with Crippen LogP contribution in [0, 0.1) is 0 Å². The van der Waals surface area contributed by atoms with Crippen molar-refractivity contribution in [2.24, 2.45) is 0 Å². The molecule has 0 fully saturated rings. The number of hydrogen-bond acceptors (Lipinski definition) is 5. The van der Waals surface area contributed by atoms with Crippen LogP contribution in [0.25, 0.3) is 6.08 Å². The first-order valence-corrected chi connectivity index (χ1v) is 6.70. The van der Waals surface area contributed by atoms with Crippen molar-refractivity contribution in [1.29, 1.82) is 0 Å². The van der Waals surface area contributed by atoms with Crippen LogP contribution in [-0.2, 0) is 14.3 Å². The summed E-state index contributed by atoms with van der Waals surface area (Å²) in [6.07, 6.45) is 3.24. The maximum Gasteiger partial charge on any atom is 0.307 e. The molecule has 0 aliphatic carbocycles. The highest BCUT2D eigenvalue weighted by Crippen LogP contribution is 2.32. The van der Waals surface area contributed by atoms with Crippen LogP contribution >= 0.6 is 0 Å². The summed E-state index contributed by atoms with van der Waals surface area (Å²) in [6, 6.07) is 5.42. The Morgan fingerprint density at radius 3 is 2.95 bits per heavy atom. The third-order valence-electron chi connectivity index (χ3n) is 2.76. The van der Waals surface area contributed by atoms with E-state index in [0.29, 0.717) is 18.1 Å². The van der Waals surface area contributed by atoms with Gasteiger partial charge in [0.1, 0.15) is 0 Å². The summed E-state index contributed by atoms with van der Waals surface area (Å²) in [5.74, 6) is 0.778. The molecular formula is C15H17NO5. The molecule has 1 aliphatic heterocycles. The van der Waals surface area contributed by atoms with Gasteiger partial charge in [-0.2, -0.15) is 0 Å². The molecule has 1 amide bonds. The van der Waals surface area contributed by atoms with Gasteiger partial charge < -0.3 is 19.5 Å². The molecule has 1 N–H and O–H groups in total. The highest BCUT2D eigenvalue weighted by Gasteiger charge is 2.12. The zero-order valence-corrected chi connectivity index (χ0v) is 11.8. The maximum atomic E-state index is 11.6. The van der Waals surface area contributed by atoms with E-state index in [1.165, 1.54) is 6.08 Å². The Bertz CT molecular complexity index is 553. The number of hydrogen-bond donors (Lipinski definition) is 1. The van der Waals surface area contributed by atoms with Gasteiger partial charge in [-0.15, -0.1) is 0 Å². The van der Waals surface area contributed by atoms with Crippen LogP contribution in [0.15, 0.2) is 24.3 Å². The fraction of sp³-hybridized carbons (Fsp3) is 0.333. The molecule has 2 rings (SSSR count). The monoisotopic (exact) mass is 291 g/mol. The predicted octanol–water partition coefficient (Wildman–Crippen LogP) is 1.50. The van der Waals surface area contributed by atoms with E-state index in [1.807, 2.05) is 6.07 Å². The van der Waals surface area contributed by atoms with Crippen LogP contribution in [0.4, 0.5) is 0 Å². The molecule has 0 saturated carbocycles. The molecule has 0 spiro atoms. The molecular weight excluding hydrogens is 274 g/mol.